The number of rotatable bonds is 6. The van der Waals surface area contributed by atoms with Gasteiger partial charge in [-0.1, -0.05) is 15.9 Å². The number of aliphatic carboxylic acids is 1. The number of hydrogen-bond donors (Lipinski definition) is 1. The third kappa shape index (κ3) is 3.07. The molecule has 100 valence electrons. The van der Waals surface area contributed by atoms with Gasteiger partial charge in [0, 0.05) is 16.5 Å². The molecule has 0 aromatic heterocycles. The van der Waals surface area contributed by atoms with Crippen molar-refractivity contribution in [3.63, 3.8) is 0 Å². The lowest BCUT2D eigenvalue weighted by atomic mass is 10.1. The van der Waals surface area contributed by atoms with Crippen molar-refractivity contribution in [3.05, 3.63) is 16.1 Å². The van der Waals surface area contributed by atoms with Crippen LogP contribution >= 0.6 is 15.9 Å². The molecule has 0 saturated carbocycles. The fourth-order valence-corrected chi connectivity index (χ4v) is 2.24. The molecular formula is C12H15BrO5. The molecule has 6 heteroatoms. The highest BCUT2D eigenvalue weighted by Gasteiger charge is 2.19. The molecule has 1 aromatic rings. The predicted octanol–water partition coefficient (Wildman–Crippen LogP) is 2.49. The van der Waals surface area contributed by atoms with Crippen LogP contribution in [0.1, 0.15) is 12.0 Å². The summed E-state index contributed by atoms with van der Waals surface area (Å²) < 4.78 is 16.5. The van der Waals surface area contributed by atoms with Gasteiger partial charge in [-0.25, -0.2) is 0 Å². The van der Waals surface area contributed by atoms with Gasteiger partial charge in [0.05, 0.1) is 21.3 Å². The molecule has 0 unspecified atom stereocenters. The maximum atomic E-state index is 10.6. The molecule has 1 N–H and O–H groups in total. The van der Waals surface area contributed by atoms with Crippen LogP contribution < -0.4 is 14.2 Å². The van der Waals surface area contributed by atoms with E-state index < -0.39 is 5.97 Å². The third-order valence-electron chi connectivity index (χ3n) is 2.47. The Morgan fingerprint density at radius 2 is 1.83 bits per heavy atom. The van der Waals surface area contributed by atoms with Gasteiger partial charge in [0.25, 0.3) is 0 Å². The van der Waals surface area contributed by atoms with E-state index in [9.17, 15) is 4.79 Å². The zero-order valence-electron chi connectivity index (χ0n) is 10.4. The maximum absolute atomic E-state index is 10.6. The van der Waals surface area contributed by atoms with E-state index in [-0.39, 0.29) is 6.42 Å². The van der Waals surface area contributed by atoms with E-state index in [0.29, 0.717) is 23.7 Å². The number of carboxylic acid groups (broad SMARTS) is 1. The molecule has 0 heterocycles. The van der Waals surface area contributed by atoms with Crippen LogP contribution in [0.4, 0.5) is 0 Å². The quantitative estimate of drug-likeness (QED) is 0.873. The molecule has 0 aliphatic carbocycles. The molecule has 0 saturated heterocycles. The number of carboxylic acids is 1. The van der Waals surface area contributed by atoms with E-state index in [2.05, 4.69) is 15.9 Å². The van der Waals surface area contributed by atoms with Crippen LogP contribution in [-0.2, 0) is 11.2 Å². The minimum atomic E-state index is -0.862. The Balaban J connectivity index is 3.27. The van der Waals surface area contributed by atoms with Crippen molar-refractivity contribution in [1.82, 2.24) is 0 Å². The maximum Gasteiger partial charge on any atom is 0.303 e. The van der Waals surface area contributed by atoms with Crippen molar-refractivity contribution in [1.29, 1.82) is 0 Å². The molecule has 0 aliphatic rings. The molecule has 1 rings (SSSR count). The van der Waals surface area contributed by atoms with Gasteiger partial charge in [-0.2, -0.15) is 0 Å². The monoisotopic (exact) mass is 318 g/mol. The van der Waals surface area contributed by atoms with Gasteiger partial charge in [0.2, 0.25) is 5.75 Å². The molecule has 0 aliphatic heterocycles. The first kappa shape index (κ1) is 14.6. The molecule has 0 atom stereocenters. The van der Waals surface area contributed by atoms with Gasteiger partial charge < -0.3 is 19.3 Å². The zero-order valence-corrected chi connectivity index (χ0v) is 12.0. The summed E-state index contributed by atoms with van der Waals surface area (Å²) in [5.41, 5.74) is 0.748. The van der Waals surface area contributed by atoms with E-state index in [4.69, 9.17) is 19.3 Å². The van der Waals surface area contributed by atoms with Gasteiger partial charge in [-0.05, 0) is 12.5 Å². The van der Waals surface area contributed by atoms with Crippen molar-refractivity contribution in [2.24, 2.45) is 0 Å². The molecular weight excluding hydrogens is 304 g/mol. The van der Waals surface area contributed by atoms with Gasteiger partial charge in [-0.3, -0.25) is 4.79 Å². The topological polar surface area (TPSA) is 65.0 Å². The minimum absolute atomic E-state index is 0.0183. The minimum Gasteiger partial charge on any atom is -0.493 e. The Labute approximate surface area is 114 Å². The first-order valence-corrected chi connectivity index (χ1v) is 6.03. The van der Waals surface area contributed by atoms with Crippen LogP contribution in [0.3, 0.4) is 0 Å². The number of methoxy groups -OCH3 is 3. The molecule has 0 fully saturated rings. The summed E-state index contributed by atoms with van der Waals surface area (Å²) in [6.07, 6.45) is 0.365. The highest BCUT2D eigenvalue weighted by molar-refractivity contribution is 9.10. The molecule has 0 bridgehead atoms. The molecule has 0 amide bonds. The molecule has 0 spiro atoms. The normalized spacial score (nSPS) is 10.0. The Kier molecular flexibility index (Phi) is 5.27. The average molecular weight is 319 g/mol. The predicted molar refractivity (Wildman–Crippen MR) is 69.8 cm³/mol. The molecule has 5 nitrogen and oxygen atoms in total. The van der Waals surface area contributed by atoms with Gasteiger partial charge in [0.15, 0.2) is 11.5 Å². The second-order valence-electron chi connectivity index (χ2n) is 3.50. The summed E-state index contributed by atoms with van der Waals surface area (Å²) in [6, 6.07) is 1.73. The van der Waals surface area contributed by atoms with E-state index in [0.717, 1.165) is 10.0 Å². The third-order valence-corrected chi connectivity index (χ3v) is 3.17. The smallest absolute Gasteiger partial charge is 0.303 e. The van der Waals surface area contributed by atoms with Gasteiger partial charge >= 0.3 is 5.97 Å². The summed E-state index contributed by atoms with van der Waals surface area (Å²) in [4.78, 5) is 10.6. The van der Waals surface area contributed by atoms with Crippen LogP contribution in [0.25, 0.3) is 0 Å². The number of benzene rings is 1. The first-order chi connectivity index (χ1) is 8.54. The van der Waals surface area contributed by atoms with Crippen molar-refractivity contribution in [2.75, 3.05) is 21.3 Å². The summed E-state index contributed by atoms with van der Waals surface area (Å²) in [5.74, 6) is 0.618. The summed E-state index contributed by atoms with van der Waals surface area (Å²) >= 11 is 3.38. The van der Waals surface area contributed by atoms with Crippen molar-refractivity contribution >= 4 is 21.9 Å². The van der Waals surface area contributed by atoms with Gasteiger partial charge in [-0.15, -0.1) is 0 Å². The van der Waals surface area contributed by atoms with Gasteiger partial charge in [0.1, 0.15) is 0 Å². The standard InChI is InChI=1S/C12H15BrO5/c1-16-9-6-8(13)7(4-5-10(14)15)11(17-2)12(9)18-3/h6H,4-5H2,1-3H3,(H,14,15). The van der Waals surface area contributed by atoms with E-state index >= 15 is 0 Å². The number of carbonyl (C=O) groups is 1. The highest BCUT2D eigenvalue weighted by Crippen LogP contribution is 2.44. The fourth-order valence-electron chi connectivity index (χ4n) is 1.65. The second kappa shape index (κ2) is 6.49. The van der Waals surface area contributed by atoms with Crippen LogP contribution in [0, 0.1) is 0 Å². The lowest BCUT2D eigenvalue weighted by Gasteiger charge is -2.17. The number of halogens is 1. The van der Waals surface area contributed by atoms with E-state index in [1.165, 1.54) is 21.3 Å². The van der Waals surface area contributed by atoms with Crippen molar-refractivity contribution in [2.45, 2.75) is 12.8 Å². The molecule has 18 heavy (non-hydrogen) atoms. The lowest BCUT2D eigenvalue weighted by molar-refractivity contribution is -0.136. The second-order valence-corrected chi connectivity index (χ2v) is 4.35. The van der Waals surface area contributed by atoms with Crippen LogP contribution in [0.15, 0.2) is 10.5 Å². The highest BCUT2D eigenvalue weighted by atomic mass is 79.9. The van der Waals surface area contributed by atoms with Crippen LogP contribution in [0.5, 0.6) is 17.2 Å². The number of ether oxygens (including phenoxy) is 3. The van der Waals surface area contributed by atoms with E-state index in [1.54, 1.807) is 6.07 Å². The Bertz CT molecular complexity index is 445. The molecule has 1 aromatic carbocycles. The summed E-state index contributed by atoms with van der Waals surface area (Å²) in [7, 11) is 4.55. The first-order valence-electron chi connectivity index (χ1n) is 5.24. The van der Waals surface area contributed by atoms with Crippen molar-refractivity contribution < 1.29 is 24.1 Å². The Morgan fingerprint density at radius 3 is 2.28 bits per heavy atom. The SMILES string of the molecule is COc1cc(Br)c(CCC(=O)O)c(OC)c1OC. The summed E-state index contributed by atoms with van der Waals surface area (Å²) in [6.45, 7) is 0. The van der Waals surface area contributed by atoms with E-state index in [1.807, 2.05) is 0 Å². The average Bonchev–Trinajstić information content (AvgIpc) is 2.35. The molecule has 0 radical (unpaired) electrons. The number of hydrogen-bond acceptors (Lipinski definition) is 4. The largest absolute Gasteiger partial charge is 0.493 e. The fraction of sp³-hybridized carbons (Fsp3) is 0.417. The zero-order chi connectivity index (χ0) is 13.7. The lowest BCUT2D eigenvalue weighted by Crippen LogP contribution is -2.03. The van der Waals surface area contributed by atoms with Crippen molar-refractivity contribution in [3.8, 4) is 17.2 Å². The van der Waals surface area contributed by atoms with Crippen LogP contribution in [-0.4, -0.2) is 32.4 Å². The van der Waals surface area contributed by atoms with Crippen LogP contribution in [0.2, 0.25) is 0 Å². The summed E-state index contributed by atoms with van der Waals surface area (Å²) in [5, 5.41) is 8.74. The Morgan fingerprint density at radius 1 is 1.22 bits per heavy atom. The Hall–Kier alpha value is -1.43.